The molecule has 3 rings (SSSR count). The Kier molecular flexibility index (Phi) is 5.99. The molecule has 2 saturated heterocycles. The van der Waals surface area contributed by atoms with E-state index in [4.69, 9.17) is 4.74 Å². The molecular formula is C18H26N4O3. The van der Waals surface area contributed by atoms with Crippen LogP contribution in [0.2, 0.25) is 0 Å². The lowest BCUT2D eigenvalue weighted by Crippen LogP contribution is -2.53. The highest BCUT2D eigenvalue weighted by Crippen LogP contribution is 2.18. The van der Waals surface area contributed by atoms with Crippen molar-refractivity contribution in [1.29, 1.82) is 0 Å². The van der Waals surface area contributed by atoms with Gasteiger partial charge < -0.3 is 15.0 Å². The Morgan fingerprint density at radius 3 is 3.00 bits per heavy atom. The number of piperidine rings is 1. The molecule has 0 bridgehead atoms. The molecule has 0 aromatic carbocycles. The smallest absolute Gasteiger partial charge is 0.249 e. The zero-order valence-electron chi connectivity index (χ0n) is 14.7. The topological polar surface area (TPSA) is 74.8 Å². The average Bonchev–Trinajstić information content (AvgIpc) is 2.60. The van der Waals surface area contributed by atoms with Gasteiger partial charge in [0, 0.05) is 38.4 Å². The van der Waals surface area contributed by atoms with Gasteiger partial charge in [-0.2, -0.15) is 0 Å². The van der Waals surface area contributed by atoms with E-state index < -0.39 is 0 Å². The summed E-state index contributed by atoms with van der Waals surface area (Å²) < 4.78 is 5.09. The van der Waals surface area contributed by atoms with Crippen molar-refractivity contribution in [2.75, 3.05) is 39.4 Å². The largest absolute Gasteiger partial charge is 0.370 e. The number of aromatic nitrogens is 1. The van der Waals surface area contributed by atoms with E-state index in [1.165, 1.54) is 0 Å². The van der Waals surface area contributed by atoms with Crippen molar-refractivity contribution < 1.29 is 14.3 Å². The van der Waals surface area contributed by atoms with Gasteiger partial charge in [0.05, 0.1) is 18.8 Å². The van der Waals surface area contributed by atoms with Crippen molar-refractivity contribution in [2.45, 2.75) is 25.9 Å². The van der Waals surface area contributed by atoms with Crippen molar-refractivity contribution >= 4 is 11.8 Å². The molecule has 0 saturated carbocycles. The quantitative estimate of drug-likeness (QED) is 0.828. The number of amides is 2. The van der Waals surface area contributed by atoms with Crippen LogP contribution in [0.15, 0.2) is 24.4 Å². The third-order valence-corrected chi connectivity index (χ3v) is 4.87. The third-order valence-electron chi connectivity index (χ3n) is 4.87. The van der Waals surface area contributed by atoms with Gasteiger partial charge in [-0.1, -0.05) is 13.0 Å². The molecule has 2 aliphatic rings. The zero-order valence-corrected chi connectivity index (χ0v) is 14.7. The lowest BCUT2D eigenvalue weighted by molar-refractivity contribution is -0.146. The Bertz CT molecular complexity index is 595. The Balaban J connectivity index is 1.45. The molecule has 7 heteroatoms. The number of carbonyl (C=O) groups is 2. The average molecular weight is 346 g/mol. The van der Waals surface area contributed by atoms with Crippen LogP contribution < -0.4 is 5.32 Å². The molecule has 0 radical (unpaired) electrons. The van der Waals surface area contributed by atoms with Crippen LogP contribution in [-0.2, 0) is 20.9 Å². The van der Waals surface area contributed by atoms with Crippen LogP contribution in [0.1, 0.15) is 19.0 Å². The number of hydrogen-bond acceptors (Lipinski definition) is 5. The van der Waals surface area contributed by atoms with Crippen LogP contribution in [0, 0.1) is 5.92 Å². The van der Waals surface area contributed by atoms with Crippen LogP contribution in [0.25, 0.3) is 0 Å². The number of nitrogens with one attached hydrogen (secondary N) is 1. The predicted octanol–water partition coefficient (Wildman–Crippen LogP) is 0.267. The number of morpholine rings is 1. The van der Waals surface area contributed by atoms with Crippen molar-refractivity contribution in [3.63, 3.8) is 0 Å². The molecule has 0 spiro atoms. The van der Waals surface area contributed by atoms with E-state index in [9.17, 15) is 9.59 Å². The summed E-state index contributed by atoms with van der Waals surface area (Å²) in [5.41, 5.74) is 1.07. The molecule has 1 aromatic heterocycles. The van der Waals surface area contributed by atoms with Gasteiger partial charge in [0.1, 0.15) is 6.61 Å². The molecule has 1 aromatic rings. The van der Waals surface area contributed by atoms with E-state index >= 15 is 0 Å². The molecular weight excluding hydrogens is 320 g/mol. The van der Waals surface area contributed by atoms with Crippen LogP contribution in [-0.4, -0.2) is 72.0 Å². The summed E-state index contributed by atoms with van der Waals surface area (Å²) in [6.07, 6.45) is 2.73. The predicted molar refractivity (Wildman–Crippen MR) is 92.6 cm³/mol. The number of carbonyl (C=O) groups excluding carboxylic acids is 2. The highest BCUT2D eigenvalue weighted by Gasteiger charge is 2.28. The number of likely N-dealkylation sites (tertiary alicyclic amines) is 1. The van der Waals surface area contributed by atoms with Gasteiger partial charge >= 0.3 is 0 Å². The van der Waals surface area contributed by atoms with Gasteiger partial charge in [-0.05, 0) is 24.5 Å². The van der Waals surface area contributed by atoms with Crippen molar-refractivity contribution in [3.8, 4) is 0 Å². The van der Waals surface area contributed by atoms with Crippen molar-refractivity contribution in [1.82, 2.24) is 20.1 Å². The van der Waals surface area contributed by atoms with E-state index in [0.717, 1.165) is 31.7 Å². The highest BCUT2D eigenvalue weighted by molar-refractivity contribution is 5.85. The van der Waals surface area contributed by atoms with Gasteiger partial charge in [-0.25, -0.2) is 0 Å². The molecule has 0 unspecified atom stereocenters. The Morgan fingerprint density at radius 1 is 1.40 bits per heavy atom. The van der Waals surface area contributed by atoms with Crippen LogP contribution in [0.3, 0.4) is 0 Å². The lowest BCUT2D eigenvalue weighted by atomic mass is 9.93. The first-order valence-corrected chi connectivity index (χ1v) is 8.89. The SMILES string of the molecule is C[C@H]1CN(Cc2ccccn2)CC[C@@H]1NC(=O)CN1CCOCC1=O. The Hall–Kier alpha value is -1.99. The molecule has 2 aliphatic heterocycles. The number of rotatable bonds is 5. The van der Waals surface area contributed by atoms with Gasteiger partial charge in [0.15, 0.2) is 0 Å². The second kappa shape index (κ2) is 8.40. The van der Waals surface area contributed by atoms with E-state index in [1.807, 2.05) is 24.4 Å². The number of nitrogens with zero attached hydrogens (tertiary/aromatic N) is 3. The first kappa shape index (κ1) is 17.8. The maximum absolute atomic E-state index is 12.3. The second-order valence-electron chi connectivity index (χ2n) is 6.86. The number of pyridine rings is 1. The summed E-state index contributed by atoms with van der Waals surface area (Å²) in [5, 5.41) is 3.10. The molecule has 1 N–H and O–H groups in total. The summed E-state index contributed by atoms with van der Waals surface area (Å²) in [7, 11) is 0. The van der Waals surface area contributed by atoms with E-state index in [2.05, 4.69) is 22.1 Å². The fourth-order valence-electron chi connectivity index (χ4n) is 3.45. The van der Waals surface area contributed by atoms with E-state index in [-0.39, 0.29) is 31.0 Å². The summed E-state index contributed by atoms with van der Waals surface area (Å²) in [5.74, 6) is 0.173. The lowest BCUT2D eigenvalue weighted by Gasteiger charge is -2.37. The van der Waals surface area contributed by atoms with E-state index in [0.29, 0.717) is 19.1 Å². The van der Waals surface area contributed by atoms with Crippen LogP contribution in [0.4, 0.5) is 0 Å². The molecule has 2 atom stereocenters. The Morgan fingerprint density at radius 2 is 2.28 bits per heavy atom. The maximum Gasteiger partial charge on any atom is 0.249 e. The van der Waals surface area contributed by atoms with Crippen LogP contribution in [0.5, 0.6) is 0 Å². The van der Waals surface area contributed by atoms with Crippen molar-refractivity contribution in [2.24, 2.45) is 5.92 Å². The Labute approximate surface area is 148 Å². The minimum absolute atomic E-state index is 0.0784. The minimum atomic E-state index is -0.111. The second-order valence-corrected chi connectivity index (χ2v) is 6.86. The third kappa shape index (κ3) is 4.99. The molecule has 0 aliphatic carbocycles. The van der Waals surface area contributed by atoms with Crippen LogP contribution >= 0.6 is 0 Å². The standard InChI is InChI=1S/C18H26N4O3/c1-14-10-21(11-15-4-2-3-6-19-15)7-5-16(14)20-17(23)12-22-8-9-25-13-18(22)24/h2-4,6,14,16H,5,7-13H2,1H3,(H,20,23)/t14-,16-/m0/s1. The van der Waals surface area contributed by atoms with Gasteiger partial charge in [0.2, 0.25) is 11.8 Å². The first-order chi connectivity index (χ1) is 12.1. The van der Waals surface area contributed by atoms with Gasteiger partial charge in [-0.3, -0.25) is 19.5 Å². The molecule has 3 heterocycles. The summed E-state index contributed by atoms with van der Waals surface area (Å²) >= 11 is 0. The summed E-state index contributed by atoms with van der Waals surface area (Å²) in [6, 6.07) is 6.13. The minimum Gasteiger partial charge on any atom is -0.370 e. The number of hydrogen-bond donors (Lipinski definition) is 1. The first-order valence-electron chi connectivity index (χ1n) is 8.89. The maximum atomic E-state index is 12.3. The fourth-order valence-corrected chi connectivity index (χ4v) is 3.45. The molecule has 136 valence electrons. The highest BCUT2D eigenvalue weighted by atomic mass is 16.5. The zero-order chi connectivity index (χ0) is 17.6. The normalized spacial score (nSPS) is 25.0. The monoisotopic (exact) mass is 346 g/mol. The summed E-state index contributed by atoms with van der Waals surface area (Å²) in [6.45, 7) is 6.06. The van der Waals surface area contributed by atoms with Crippen molar-refractivity contribution in [3.05, 3.63) is 30.1 Å². The molecule has 25 heavy (non-hydrogen) atoms. The number of ether oxygens (including phenoxy) is 1. The molecule has 2 fully saturated rings. The van der Waals surface area contributed by atoms with Gasteiger partial charge in [-0.15, -0.1) is 0 Å². The fraction of sp³-hybridized carbons (Fsp3) is 0.611. The molecule has 7 nitrogen and oxygen atoms in total. The van der Waals surface area contributed by atoms with Gasteiger partial charge in [0.25, 0.3) is 0 Å². The van der Waals surface area contributed by atoms with E-state index in [1.54, 1.807) is 4.90 Å². The molecule has 2 amide bonds. The summed E-state index contributed by atoms with van der Waals surface area (Å²) in [4.78, 5) is 32.3.